The van der Waals surface area contributed by atoms with Gasteiger partial charge in [-0.2, -0.15) is 0 Å². The molecule has 2 N–H and O–H groups in total. The predicted molar refractivity (Wildman–Crippen MR) is 127 cm³/mol. The molecule has 3 aromatic rings. The van der Waals surface area contributed by atoms with E-state index < -0.39 is 11.9 Å². The van der Waals surface area contributed by atoms with E-state index in [2.05, 4.69) is 0 Å². The number of Topliss-reactive ketones (excluding diaryl/α,β-unsaturated/α-hetero) is 1. The highest BCUT2D eigenvalue weighted by molar-refractivity contribution is 6.15. The maximum Gasteiger partial charge on any atom is 0.312 e. The summed E-state index contributed by atoms with van der Waals surface area (Å²) in [7, 11) is 4.27. The van der Waals surface area contributed by atoms with Crippen LogP contribution in [0, 0.1) is 0 Å². The molecule has 0 amide bonds. The molecule has 2 aliphatic rings. The Balaban J connectivity index is 1.61. The lowest BCUT2D eigenvalue weighted by atomic mass is 9.84. The summed E-state index contributed by atoms with van der Waals surface area (Å²) in [5, 5.41) is 20.4. The minimum atomic E-state index is -0.559. The number of rotatable bonds is 5. The van der Waals surface area contributed by atoms with Crippen LogP contribution in [0.5, 0.6) is 40.2 Å². The molecule has 0 spiro atoms. The van der Waals surface area contributed by atoms with Crippen molar-refractivity contribution in [3.05, 3.63) is 70.5 Å². The molecule has 0 bridgehead atoms. The van der Waals surface area contributed by atoms with E-state index in [-0.39, 0.29) is 52.5 Å². The number of benzene rings is 3. The van der Waals surface area contributed by atoms with Crippen molar-refractivity contribution in [3.8, 4) is 40.2 Å². The zero-order valence-corrected chi connectivity index (χ0v) is 19.7. The second-order valence-electron chi connectivity index (χ2n) is 8.23. The van der Waals surface area contributed by atoms with Gasteiger partial charge in [-0.1, -0.05) is 6.07 Å². The Morgan fingerprint density at radius 1 is 0.889 bits per heavy atom. The number of ether oxygens (including phenoxy) is 5. The van der Waals surface area contributed by atoms with E-state index in [1.165, 1.54) is 33.5 Å². The highest BCUT2D eigenvalue weighted by Gasteiger charge is 2.39. The first-order chi connectivity index (χ1) is 17.3. The van der Waals surface area contributed by atoms with Crippen LogP contribution in [0.25, 0.3) is 6.08 Å². The van der Waals surface area contributed by atoms with E-state index >= 15 is 0 Å². The van der Waals surface area contributed by atoms with Crippen molar-refractivity contribution >= 4 is 17.8 Å². The molecule has 36 heavy (non-hydrogen) atoms. The molecule has 0 fully saturated rings. The number of carbonyl (C=O) groups excluding carboxylic acids is 2. The minimum Gasteiger partial charge on any atom is -0.504 e. The van der Waals surface area contributed by atoms with E-state index in [0.717, 1.165) is 0 Å². The first-order valence-electron chi connectivity index (χ1n) is 11.0. The average molecular weight is 490 g/mol. The maximum atomic E-state index is 13.2. The van der Waals surface area contributed by atoms with E-state index in [0.29, 0.717) is 28.0 Å². The van der Waals surface area contributed by atoms with Gasteiger partial charge in [-0.05, 0) is 53.6 Å². The Hall–Kier alpha value is -4.66. The molecule has 9 nitrogen and oxygen atoms in total. The molecule has 184 valence electrons. The largest absolute Gasteiger partial charge is 0.504 e. The summed E-state index contributed by atoms with van der Waals surface area (Å²) < 4.78 is 27.1. The molecule has 1 unspecified atom stereocenters. The number of hydrogen-bond acceptors (Lipinski definition) is 9. The Morgan fingerprint density at radius 2 is 1.58 bits per heavy atom. The van der Waals surface area contributed by atoms with E-state index in [4.69, 9.17) is 23.7 Å². The number of allylic oxidation sites excluding steroid dienone is 1. The Kier molecular flexibility index (Phi) is 5.68. The van der Waals surface area contributed by atoms with Gasteiger partial charge in [0.1, 0.15) is 11.5 Å². The fourth-order valence-electron chi connectivity index (χ4n) is 4.45. The Bertz CT molecular complexity index is 1410. The molecule has 2 heterocycles. The number of phenols is 2. The lowest BCUT2D eigenvalue weighted by molar-refractivity contribution is -0.135. The van der Waals surface area contributed by atoms with Crippen molar-refractivity contribution in [2.75, 3.05) is 21.3 Å². The predicted octanol–water partition coefficient (Wildman–Crippen LogP) is 4.18. The number of esters is 1. The van der Waals surface area contributed by atoms with Gasteiger partial charge in [-0.3, -0.25) is 9.59 Å². The smallest absolute Gasteiger partial charge is 0.312 e. The summed E-state index contributed by atoms with van der Waals surface area (Å²) in [6, 6.07) is 11.1. The minimum absolute atomic E-state index is 0.0243. The van der Waals surface area contributed by atoms with Crippen molar-refractivity contribution in [3.63, 3.8) is 0 Å². The topological polar surface area (TPSA) is 121 Å². The third-order valence-electron chi connectivity index (χ3n) is 6.18. The highest BCUT2D eigenvalue weighted by atomic mass is 16.5. The summed E-state index contributed by atoms with van der Waals surface area (Å²) in [6.45, 7) is 0. The van der Waals surface area contributed by atoms with E-state index in [1.807, 2.05) is 0 Å². The third-order valence-corrected chi connectivity index (χ3v) is 6.18. The van der Waals surface area contributed by atoms with Gasteiger partial charge in [-0.15, -0.1) is 0 Å². The van der Waals surface area contributed by atoms with E-state index in [9.17, 15) is 19.8 Å². The SMILES string of the molecule is COc1ccc(/C=C2\Oc3c(ccc4c3C(c3cc(OC)c(O)c(OC)c3)CC(=O)O4)C2=O)cc1O. The molecule has 9 heteroatoms. The lowest BCUT2D eigenvalue weighted by Crippen LogP contribution is -2.21. The summed E-state index contributed by atoms with van der Waals surface area (Å²) in [5.74, 6) is -0.332. The van der Waals surface area contributed by atoms with Gasteiger partial charge in [0.2, 0.25) is 11.5 Å². The maximum absolute atomic E-state index is 13.2. The van der Waals surface area contributed by atoms with Crippen LogP contribution in [0.3, 0.4) is 0 Å². The van der Waals surface area contributed by atoms with Crippen molar-refractivity contribution in [2.24, 2.45) is 0 Å². The van der Waals surface area contributed by atoms with Gasteiger partial charge in [0, 0.05) is 11.5 Å². The van der Waals surface area contributed by atoms with Crippen molar-refractivity contribution < 1.29 is 43.5 Å². The van der Waals surface area contributed by atoms with Crippen LogP contribution in [-0.2, 0) is 4.79 Å². The zero-order valence-electron chi connectivity index (χ0n) is 19.7. The van der Waals surface area contributed by atoms with Gasteiger partial charge < -0.3 is 33.9 Å². The molecule has 3 aromatic carbocycles. The standard InChI is InChI=1S/C27H22O9/c1-32-18-6-4-13(8-17(18)28)9-22-25(30)15-5-7-19-24(27(15)36-22)16(12-23(29)35-19)14-10-20(33-2)26(31)21(11-14)34-3/h4-11,16,28,31H,12H2,1-3H3/b22-9-. The zero-order chi connectivity index (χ0) is 25.6. The number of methoxy groups -OCH3 is 3. The first kappa shape index (κ1) is 23.1. The summed E-state index contributed by atoms with van der Waals surface area (Å²) in [6.07, 6.45) is 1.49. The summed E-state index contributed by atoms with van der Waals surface area (Å²) >= 11 is 0. The second kappa shape index (κ2) is 8.84. The van der Waals surface area contributed by atoms with Crippen LogP contribution >= 0.6 is 0 Å². The normalized spacial score (nSPS) is 17.2. The van der Waals surface area contributed by atoms with E-state index in [1.54, 1.807) is 36.4 Å². The Morgan fingerprint density at radius 3 is 2.22 bits per heavy atom. The second-order valence-corrected chi connectivity index (χ2v) is 8.23. The van der Waals surface area contributed by atoms with Crippen LogP contribution in [0.1, 0.15) is 39.4 Å². The first-order valence-corrected chi connectivity index (χ1v) is 11.0. The fourth-order valence-corrected chi connectivity index (χ4v) is 4.45. The summed E-state index contributed by atoms with van der Waals surface area (Å²) in [5.41, 5.74) is 1.99. The molecule has 0 saturated heterocycles. The van der Waals surface area contributed by atoms with Crippen molar-refractivity contribution in [2.45, 2.75) is 12.3 Å². The molecular weight excluding hydrogens is 468 g/mol. The number of hydrogen-bond donors (Lipinski definition) is 2. The van der Waals surface area contributed by atoms with Crippen LogP contribution < -0.4 is 23.7 Å². The lowest BCUT2D eigenvalue weighted by Gasteiger charge is -2.27. The summed E-state index contributed by atoms with van der Waals surface area (Å²) in [4.78, 5) is 25.6. The van der Waals surface area contributed by atoms with Crippen LogP contribution in [0.4, 0.5) is 0 Å². The quantitative estimate of drug-likeness (QED) is 0.308. The molecule has 0 aliphatic carbocycles. The van der Waals surface area contributed by atoms with Gasteiger partial charge in [0.15, 0.2) is 28.8 Å². The van der Waals surface area contributed by atoms with Gasteiger partial charge in [0.05, 0.1) is 33.3 Å². The average Bonchev–Trinajstić information content (AvgIpc) is 3.18. The molecular formula is C27H22O9. The van der Waals surface area contributed by atoms with Crippen molar-refractivity contribution in [1.82, 2.24) is 0 Å². The number of ketones is 1. The van der Waals surface area contributed by atoms with Crippen molar-refractivity contribution in [1.29, 1.82) is 0 Å². The monoisotopic (exact) mass is 490 g/mol. The van der Waals surface area contributed by atoms with Crippen LogP contribution in [0.15, 0.2) is 48.2 Å². The van der Waals surface area contributed by atoms with Crippen LogP contribution in [-0.4, -0.2) is 43.3 Å². The van der Waals surface area contributed by atoms with Gasteiger partial charge in [0.25, 0.3) is 0 Å². The van der Waals surface area contributed by atoms with Gasteiger partial charge in [-0.25, -0.2) is 0 Å². The van der Waals surface area contributed by atoms with Gasteiger partial charge >= 0.3 is 5.97 Å². The fraction of sp³-hybridized carbons (Fsp3) is 0.185. The molecule has 1 atom stereocenters. The molecule has 0 saturated carbocycles. The molecule has 0 radical (unpaired) electrons. The molecule has 2 aliphatic heterocycles. The number of phenolic OH excluding ortho intramolecular Hbond substituents is 2. The number of aromatic hydroxyl groups is 2. The highest BCUT2D eigenvalue weighted by Crippen LogP contribution is 2.51. The molecule has 5 rings (SSSR count). The third kappa shape index (κ3) is 3.74. The Labute approximate surface area is 206 Å². The number of fused-ring (bicyclic) bond motifs is 3. The molecule has 0 aromatic heterocycles. The number of carbonyl (C=O) groups is 2. The van der Waals surface area contributed by atoms with Crippen LogP contribution in [0.2, 0.25) is 0 Å².